The Labute approximate surface area is 151 Å². The van der Waals surface area contributed by atoms with Crippen LogP contribution >= 0.6 is 0 Å². The molecule has 0 fully saturated rings. The van der Waals surface area contributed by atoms with Gasteiger partial charge in [0.1, 0.15) is 6.04 Å². The van der Waals surface area contributed by atoms with Crippen LogP contribution in [0.15, 0.2) is 66.7 Å². The Morgan fingerprint density at radius 1 is 0.923 bits per heavy atom. The zero-order valence-corrected chi connectivity index (χ0v) is 14.8. The Morgan fingerprint density at radius 2 is 1.65 bits per heavy atom. The molecule has 3 aromatic carbocycles. The average Bonchev–Trinajstić information content (AvgIpc) is 2.64. The van der Waals surface area contributed by atoms with E-state index in [1.807, 2.05) is 12.1 Å². The number of hydrogen-bond acceptors (Lipinski definition) is 0. The van der Waals surface area contributed by atoms with Crippen molar-refractivity contribution >= 4 is 10.8 Å². The Bertz CT molecular complexity index is 865. The maximum absolute atomic E-state index is 12.8. The second-order valence-corrected chi connectivity index (χ2v) is 6.68. The van der Waals surface area contributed by atoms with E-state index >= 15 is 0 Å². The molecule has 0 aliphatic rings. The Hall–Kier alpha value is -2.33. The van der Waals surface area contributed by atoms with E-state index in [0.29, 0.717) is 12.5 Å². The normalized spacial score (nSPS) is 13.1. The lowest BCUT2D eigenvalue weighted by Crippen LogP contribution is -2.84. The van der Waals surface area contributed by atoms with Gasteiger partial charge in [0.15, 0.2) is 0 Å². The highest BCUT2D eigenvalue weighted by atomic mass is 19.4. The molecule has 0 saturated carbocycles. The minimum atomic E-state index is -4.27. The number of halogens is 3. The van der Waals surface area contributed by atoms with Crippen LogP contribution in [-0.2, 0) is 12.6 Å². The van der Waals surface area contributed by atoms with Crippen molar-refractivity contribution in [1.29, 1.82) is 0 Å². The molecule has 26 heavy (non-hydrogen) atoms. The van der Waals surface area contributed by atoms with Crippen molar-refractivity contribution in [3.63, 3.8) is 0 Å². The van der Waals surface area contributed by atoms with Crippen LogP contribution in [-0.4, -0.2) is 6.54 Å². The second kappa shape index (κ2) is 7.92. The van der Waals surface area contributed by atoms with Gasteiger partial charge in [0.05, 0.1) is 12.1 Å². The van der Waals surface area contributed by atoms with E-state index in [1.54, 1.807) is 6.07 Å². The Morgan fingerprint density at radius 3 is 2.46 bits per heavy atom. The SMILES string of the molecule is CC([NH2+]CCCc1cccc(C(F)(F)F)c1)c1cccc2ccccc12. The van der Waals surface area contributed by atoms with E-state index in [4.69, 9.17) is 0 Å². The van der Waals surface area contributed by atoms with Gasteiger partial charge in [-0.3, -0.25) is 0 Å². The van der Waals surface area contributed by atoms with Crippen LogP contribution in [0.1, 0.15) is 36.1 Å². The molecule has 0 spiro atoms. The van der Waals surface area contributed by atoms with Crippen molar-refractivity contribution < 1.29 is 18.5 Å². The van der Waals surface area contributed by atoms with Crippen LogP contribution < -0.4 is 5.32 Å². The monoisotopic (exact) mass is 358 g/mol. The fourth-order valence-corrected chi connectivity index (χ4v) is 3.35. The molecule has 3 rings (SSSR count). The predicted molar refractivity (Wildman–Crippen MR) is 98.9 cm³/mol. The summed E-state index contributed by atoms with van der Waals surface area (Å²) in [7, 11) is 0. The van der Waals surface area contributed by atoms with E-state index < -0.39 is 11.7 Å². The lowest BCUT2D eigenvalue weighted by atomic mass is 9.99. The zero-order chi connectivity index (χ0) is 18.6. The number of fused-ring (bicyclic) bond motifs is 1. The van der Waals surface area contributed by atoms with Gasteiger partial charge in [-0.15, -0.1) is 0 Å². The molecule has 1 atom stereocenters. The predicted octanol–water partition coefficient (Wildman–Crippen LogP) is 5.12. The van der Waals surface area contributed by atoms with Crippen molar-refractivity contribution in [2.75, 3.05) is 6.54 Å². The molecular formula is C22H23F3N+. The lowest BCUT2D eigenvalue weighted by molar-refractivity contribution is -0.692. The van der Waals surface area contributed by atoms with Crippen molar-refractivity contribution in [3.05, 3.63) is 83.4 Å². The summed E-state index contributed by atoms with van der Waals surface area (Å²) in [4.78, 5) is 0. The number of aryl methyl sites for hydroxylation is 1. The van der Waals surface area contributed by atoms with Crippen molar-refractivity contribution in [1.82, 2.24) is 0 Å². The molecule has 0 radical (unpaired) electrons. The third-order valence-corrected chi connectivity index (χ3v) is 4.76. The molecule has 3 aromatic rings. The van der Waals surface area contributed by atoms with E-state index in [0.717, 1.165) is 24.6 Å². The fourth-order valence-electron chi connectivity index (χ4n) is 3.35. The zero-order valence-electron chi connectivity index (χ0n) is 14.8. The maximum atomic E-state index is 12.8. The fraction of sp³-hybridized carbons (Fsp3) is 0.273. The molecule has 0 heterocycles. The minimum absolute atomic E-state index is 0.308. The van der Waals surface area contributed by atoms with Gasteiger partial charge < -0.3 is 5.32 Å². The molecule has 1 nitrogen and oxygen atoms in total. The quantitative estimate of drug-likeness (QED) is 0.589. The highest BCUT2D eigenvalue weighted by molar-refractivity contribution is 5.85. The lowest BCUT2D eigenvalue weighted by Gasteiger charge is -2.14. The van der Waals surface area contributed by atoms with Crippen LogP contribution in [0.3, 0.4) is 0 Å². The van der Waals surface area contributed by atoms with Crippen LogP contribution in [0, 0.1) is 0 Å². The number of hydrogen-bond donors (Lipinski definition) is 1. The first-order valence-corrected chi connectivity index (χ1v) is 8.92. The highest BCUT2D eigenvalue weighted by Gasteiger charge is 2.30. The van der Waals surface area contributed by atoms with Gasteiger partial charge in [0.25, 0.3) is 0 Å². The molecule has 0 bridgehead atoms. The second-order valence-electron chi connectivity index (χ2n) is 6.68. The number of quaternary nitrogens is 1. The topological polar surface area (TPSA) is 16.6 Å². The van der Waals surface area contributed by atoms with Crippen LogP contribution in [0.4, 0.5) is 13.2 Å². The number of nitrogens with two attached hydrogens (primary N) is 1. The van der Waals surface area contributed by atoms with Crippen molar-refractivity contribution in [2.24, 2.45) is 0 Å². The van der Waals surface area contributed by atoms with E-state index in [9.17, 15) is 13.2 Å². The van der Waals surface area contributed by atoms with Crippen LogP contribution in [0.5, 0.6) is 0 Å². The average molecular weight is 358 g/mol. The molecule has 0 aromatic heterocycles. The van der Waals surface area contributed by atoms with E-state index in [2.05, 4.69) is 42.6 Å². The summed E-state index contributed by atoms with van der Waals surface area (Å²) in [5, 5.41) is 4.75. The summed E-state index contributed by atoms with van der Waals surface area (Å²) in [6.07, 6.45) is -2.77. The summed E-state index contributed by atoms with van der Waals surface area (Å²) in [6.45, 7) is 3.05. The molecular weight excluding hydrogens is 335 g/mol. The summed E-state index contributed by atoms with van der Waals surface area (Å²) in [6, 6.07) is 20.6. The summed E-state index contributed by atoms with van der Waals surface area (Å²) in [5.74, 6) is 0. The third kappa shape index (κ3) is 4.44. The molecule has 4 heteroatoms. The van der Waals surface area contributed by atoms with Gasteiger partial charge in [-0.05, 0) is 35.7 Å². The van der Waals surface area contributed by atoms with Gasteiger partial charge in [-0.25, -0.2) is 0 Å². The maximum Gasteiger partial charge on any atom is 0.416 e. The van der Waals surface area contributed by atoms with Crippen LogP contribution in [0.25, 0.3) is 10.8 Å². The molecule has 0 saturated heterocycles. The smallest absolute Gasteiger partial charge is 0.340 e. The molecule has 0 amide bonds. The minimum Gasteiger partial charge on any atom is -0.340 e. The van der Waals surface area contributed by atoms with E-state index in [1.165, 1.54) is 28.5 Å². The van der Waals surface area contributed by atoms with E-state index in [-0.39, 0.29) is 0 Å². The number of alkyl halides is 3. The molecule has 0 aliphatic heterocycles. The van der Waals surface area contributed by atoms with Gasteiger partial charge in [0, 0.05) is 12.0 Å². The van der Waals surface area contributed by atoms with Gasteiger partial charge in [-0.2, -0.15) is 13.2 Å². The van der Waals surface area contributed by atoms with Crippen molar-refractivity contribution in [2.45, 2.75) is 32.0 Å². The highest BCUT2D eigenvalue weighted by Crippen LogP contribution is 2.29. The first-order valence-electron chi connectivity index (χ1n) is 8.92. The Balaban J connectivity index is 1.57. The summed E-state index contributed by atoms with van der Waals surface area (Å²) in [5.41, 5.74) is 1.47. The number of rotatable bonds is 6. The van der Waals surface area contributed by atoms with Gasteiger partial charge in [-0.1, -0.05) is 60.7 Å². The molecule has 136 valence electrons. The first kappa shape index (κ1) is 18.5. The van der Waals surface area contributed by atoms with Crippen molar-refractivity contribution in [3.8, 4) is 0 Å². The summed E-state index contributed by atoms with van der Waals surface area (Å²) < 4.78 is 38.3. The number of benzene rings is 3. The standard InChI is InChI=1S/C22H22F3N/c1-16(20-13-5-10-18-9-2-3-12-21(18)20)26-14-6-8-17-7-4-11-19(15-17)22(23,24)25/h2-5,7,9-13,15-16,26H,6,8,14H2,1H3/p+1. The van der Waals surface area contributed by atoms with Gasteiger partial charge in [0.2, 0.25) is 0 Å². The van der Waals surface area contributed by atoms with Crippen LogP contribution in [0.2, 0.25) is 0 Å². The molecule has 2 N–H and O–H groups in total. The Kier molecular flexibility index (Phi) is 5.62. The third-order valence-electron chi connectivity index (χ3n) is 4.76. The first-order chi connectivity index (χ1) is 12.4. The van der Waals surface area contributed by atoms with Gasteiger partial charge >= 0.3 is 6.18 Å². The molecule has 1 unspecified atom stereocenters. The summed E-state index contributed by atoms with van der Waals surface area (Å²) >= 11 is 0. The molecule has 0 aliphatic carbocycles. The largest absolute Gasteiger partial charge is 0.416 e.